The molecule has 0 bridgehead atoms. The van der Waals surface area contributed by atoms with Crippen LogP contribution < -0.4 is 5.32 Å². The summed E-state index contributed by atoms with van der Waals surface area (Å²) in [6.45, 7) is 2.17. The molecule has 2 aliphatic rings. The highest BCUT2D eigenvalue weighted by Crippen LogP contribution is 2.49. The van der Waals surface area contributed by atoms with E-state index in [2.05, 4.69) is 48.7 Å². The van der Waals surface area contributed by atoms with Gasteiger partial charge in [-0.1, -0.05) is 43.3 Å². The topological polar surface area (TPSA) is 49.3 Å². The number of hydrogen-bond donors (Lipinski definition) is 2. The van der Waals surface area contributed by atoms with Gasteiger partial charge in [-0.3, -0.25) is 0 Å². The Balaban J connectivity index is 1.73. The molecule has 0 saturated heterocycles. The first-order valence-electron chi connectivity index (χ1n) is 8.56. The maximum absolute atomic E-state index is 11.3. The van der Waals surface area contributed by atoms with Crippen LogP contribution in [0.25, 0.3) is 0 Å². The van der Waals surface area contributed by atoms with E-state index in [-0.39, 0.29) is 12.0 Å². The number of nitrogens with one attached hydrogen (secondary N) is 1. The molecule has 0 amide bonds. The van der Waals surface area contributed by atoms with E-state index >= 15 is 0 Å². The van der Waals surface area contributed by atoms with Crippen LogP contribution in [0.5, 0.6) is 0 Å². The molecule has 4 rings (SSSR count). The molecule has 3 unspecified atom stereocenters. The molecular formula is C21H21NO2. The average molecular weight is 319 g/mol. The smallest absolute Gasteiger partial charge is 0.335 e. The zero-order valence-electron chi connectivity index (χ0n) is 13.7. The van der Waals surface area contributed by atoms with Gasteiger partial charge >= 0.3 is 5.97 Å². The van der Waals surface area contributed by atoms with Crippen molar-refractivity contribution in [2.45, 2.75) is 31.7 Å². The summed E-state index contributed by atoms with van der Waals surface area (Å²) in [5.41, 5.74) is 5.17. The highest BCUT2D eigenvalue weighted by molar-refractivity contribution is 5.89. The van der Waals surface area contributed by atoms with Crippen LogP contribution in [-0.4, -0.2) is 11.1 Å². The third-order valence-corrected chi connectivity index (χ3v) is 5.36. The van der Waals surface area contributed by atoms with Crippen molar-refractivity contribution < 1.29 is 9.90 Å². The minimum Gasteiger partial charge on any atom is -0.478 e. The van der Waals surface area contributed by atoms with Crippen molar-refractivity contribution in [3.05, 3.63) is 76.9 Å². The van der Waals surface area contributed by atoms with Crippen molar-refractivity contribution in [2.24, 2.45) is 5.92 Å². The highest BCUT2D eigenvalue weighted by Gasteiger charge is 2.38. The van der Waals surface area contributed by atoms with Gasteiger partial charge < -0.3 is 10.4 Å². The molecule has 2 aromatic carbocycles. The largest absolute Gasteiger partial charge is 0.478 e. The summed E-state index contributed by atoms with van der Waals surface area (Å²) in [6.07, 6.45) is 6.54. The second-order valence-corrected chi connectivity index (χ2v) is 6.68. The SMILES string of the molecule is CCc1ccc(C2Nc3ccc(C(=O)O)cc3C3C=CCC32)cc1. The van der Waals surface area contributed by atoms with Crippen LogP contribution in [0.1, 0.15) is 52.4 Å². The van der Waals surface area contributed by atoms with Gasteiger partial charge in [0.25, 0.3) is 0 Å². The fourth-order valence-electron chi connectivity index (χ4n) is 4.02. The van der Waals surface area contributed by atoms with Gasteiger partial charge in [0.15, 0.2) is 0 Å². The molecule has 2 N–H and O–H groups in total. The first kappa shape index (κ1) is 15.0. The van der Waals surface area contributed by atoms with Gasteiger partial charge in [0.05, 0.1) is 11.6 Å². The second-order valence-electron chi connectivity index (χ2n) is 6.68. The number of hydrogen-bond acceptors (Lipinski definition) is 2. The summed E-state index contributed by atoms with van der Waals surface area (Å²) in [7, 11) is 0. The molecule has 1 aliphatic carbocycles. The van der Waals surface area contributed by atoms with E-state index in [1.54, 1.807) is 6.07 Å². The van der Waals surface area contributed by atoms with Gasteiger partial charge in [-0.05, 0) is 53.6 Å². The van der Waals surface area contributed by atoms with Gasteiger partial charge in [0, 0.05) is 11.6 Å². The zero-order valence-corrected chi connectivity index (χ0v) is 13.7. The summed E-state index contributed by atoms with van der Waals surface area (Å²) in [4.78, 5) is 11.3. The lowest BCUT2D eigenvalue weighted by atomic mass is 9.76. The quantitative estimate of drug-likeness (QED) is 0.801. The number of anilines is 1. The first-order valence-corrected chi connectivity index (χ1v) is 8.56. The van der Waals surface area contributed by atoms with E-state index in [0.717, 1.165) is 24.1 Å². The molecule has 0 fully saturated rings. The van der Waals surface area contributed by atoms with Gasteiger partial charge in [-0.15, -0.1) is 0 Å². The fraction of sp³-hybridized carbons (Fsp3) is 0.286. The Morgan fingerprint density at radius 1 is 1.21 bits per heavy atom. The first-order chi connectivity index (χ1) is 11.7. The van der Waals surface area contributed by atoms with Crippen LogP contribution >= 0.6 is 0 Å². The van der Waals surface area contributed by atoms with Crippen LogP contribution in [0.4, 0.5) is 5.69 Å². The normalized spacial score (nSPS) is 24.1. The number of carboxylic acid groups (broad SMARTS) is 1. The molecule has 0 aromatic heterocycles. The summed E-state index contributed by atoms with van der Waals surface area (Å²) < 4.78 is 0. The molecule has 3 atom stereocenters. The summed E-state index contributed by atoms with van der Waals surface area (Å²) >= 11 is 0. The number of rotatable bonds is 3. The third-order valence-electron chi connectivity index (χ3n) is 5.36. The van der Waals surface area contributed by atoms with Crippen molar-refractivity contribution in [3.8, 4) is 0 Å². The van der Waals surface area contributed by atoms with Crippen molar-refractivity contribution in [2.75, 3.05) is 5.32 Å². The van der Waals surface area contributed by atoms with Gasteiger partial charge in [-0.2, -0.15) is 0 Å². The monoisotopic (exact) mass is 319 g/mol. The molecule has 0 spiro atoms. The highest BCUT2D eigenvalue weighted by atomic mass is 16.4. The molecule has 122 valence electrons. The van der Waals surface area contributed by atoms with Gasteiger partial charge in [-0.25, -0.2) is 4.79 Å². The van der Waals surface area contributed by atoms with Crippen molar-refractivity contribution in [1.82, 2.24) is 0 Å². The minimum atomic E-state index is -0.867. The van der Waals surface area contributed by atoms with Crippen molar-refractivity contribution in [3.63, 3.8) is 0 Å². The predicted octanol–water partition coefficient (Wildman–Crippen LogP) is 4.77. The number of aromatic carboxylic acids is 1. The number of fused-ring (bicyclic) bond motifs is 3. The molecule has 3 heteroatoms. The second kappa shape index (κ2) is 5.82. The number of aryl methyl sites for hydroxylation is 1. The minimum absolute atomic E-state index is 0.263. The van der Waals surface area contributed by atoms with Gasteiger partial charge in [0.1, 0.15) is 0 Å². The molecule has 2 aromatic rings. The Bertz CT molecular complexity index is 807. The Morgan fingerprint density at radius 3 is 2.71 bits per heavy atom. The zero-order chi connectivity index (χ0) is 16.7. The number of allylic oxidation sites excluding steroid dienone is 2. The van der Waals surface area contributed by atoms with E-state index in [4.69, 9.17) is 0 Å². The van der Waals surface area contributed by atoms with E-state index in [9.17, 15) is 9.90 Å². The Hall–Kier alpha value is -2.55. The van der Waals surface area contributed by atoms with Crippen molar-refractivity contribution in [1.29, 1.82) is 0 Å². The molecule has 0 radical (unpaired) electrons. The lowest BCUT2D eigenvalue weighted by Gasteiger charge is -2.37. The van der Waals surface area contributed by atoms with Crippen LogP contribution in [0.3, 0.4) is 0 Å². The Morgan fingerprint density at radius 2 is 2.00 bits per heavy atom. The summed E-state index contributed by atoms with van der Waals surface area (Å²) in [6, 6.07) is 14.5. The van der Waals surface area contributed by atoms with E-state index in [0.29, 0.717) is 11.5 Å². The lowest BCUT2D eigenvalue weighted by Crippen LogP contribution is -2.29. The molecular weight excluding hydrogens is 298 g/mol. The molecule has 1 aliphatic heterocycles. The van der Waals surface area contributed by atoms with Crippen molar-refractivity contribution >= 4 is 11.7 Å². The molecule has 0 saturated carbocycles. The standard InChI is InChI=1S/C21H21NO2/c1-2-13-6-8-14(9-7-13)20-17-5-3-4-16(17)18-12-15(21(23)24)10-11-19(18)22-20/h3-4,6-12,16-17,20,22H,2,5H2,1H3,(H,23,24). The number of carboxylic acids is 1. The average Bonchev–Trinajstić information content (AvgIpc) is 3.10. The summed E-state index contributed by atoms with van der Waals surface area (Å²) in [5.74, 6) is -0.140. The lowest BCUT2D eigenvalue weighted by molar-refractivity contribution is 0.0696. The van der Waals surface area contributed by atoms with Crippen LogP contribution in [0.15, 0.2) is 54.6 Å². The maximum Gasteiger partial charge on any atom is 0.335 e. The van der Waals surface area contributed by atoms with Crippen LogP contribution in [0, 0.1) is 5.92 Å². The number of carbonyl (C=O) groups is 1. The summed E-state index contributed by atoms with van der Waals surface area (Å²) in [5, 5.41) is 12.9. The van der Waals surface area contributed by atoms with Crippen LogP contribution in [-0.2, 0) is 6.42 Å². The van der Waals surface area contributed by atoms with E-state index < -0.39 is 5.97 Å². The molecule has 1 heterocycles. The molecule has 24 heavy (non-hydrogen) atoms. The third kappa shape index (κ3) is 2.41. The molecule has 3 nitrogen and oxygen atoms in total. The van der Waals surface area contributed by atoms with E-state index in [1.807, 2.05) is 12.1 Å². The maximum atomic E-state index is 11.3. The predicted molar refractivity (Wildman–Crippen MR) is 95.6 cm³/mol. The van der Waals surface area contributed by atoms with Crippen LogP contribution in [0.2, 0.25) is 0 Å². The Labute approximate surface area is 142 Å². The van der Waals surface area contributed by atoms with E-state index in [1.165, 1.54) is 11.1 Å². The van der Waals surface area contributed by atoms with Gasteiger partial charge in [0.2, 0.25) is 0 Å². The Kier molecular flexibility index (Phi) is 3.64. The number of benzene rings is 2. The fourth-order valence-corrected chi connectivity index (χ4v) is 4.02.